The van der Waals surface area contributed by atoms with Crippen molar-refractivity contribution in [2.45, 2.75) is 33.9 Å². The molecule has 3 aromatic rings. The fraction of sp³-hybridized carbons (Fsp3) is 0.300. The lowest BCUT2D eigenvalue weighted by molar-refractivity contribution is 0.0718. The fourth-order valence-corrected chi connectivity index (χ4v) is 3.28. The summed E-state index contributed by atoms with van der Waals surface area (Å²) < 4.78 is 11.1. The molecule has 2 heterocycles. The molecule has 3 rings (SSSR count). The summed E-state index contributed by atoms with van der Waals surface area (Å²) >= 11 is 1.54. The third-order valence-corrected chi connectivity index (χ3v) is 5.13. The summed E-state index contributed by atoms with van der Waals surface area (Å²) in [6.07, 6.45) is 1.51. The number of hydrogen-bond donors (Lipinski definition) is 0. The van der Waals surface area contributed by atoms with Gasteiger partial charge in [-0.2, -0.15) is 0 Å². The summed E-state index contributed by atoms with van der Waals surface area (Å²) in [6, 6.07) is 9.42. The molecule has 0 saturated heterocycles. The van der Waals surface area contributed by atoms with E-state index < -0.39 is 0 Å². The van der Waals surface area contributed by atoms with Gasteiger partial charge in [-0.05, 0) is 50.1 Å². The molecule has 26 heavy (non-hydrogen) atoms. The van der Waals surface area contributed by atoms with Crippen LogP contribution in [0.15, 0.2) is 46.4 Å². The Morgan fingerprint density at radius 1 is 1.27 bits per heavy atom. The Hall–Kier alpha value is -2.60. The highest BCUT2D eigenvalue weighted by atomic mass is 32.1. The highest BCUT2D eigenvalue weighted by Gasteiger charge is 2.18. The summed E-state index contributed by atoms with van der Waals surface area (Å²) in [7, 11) is 0. The predicted molar refractivity (Wildman–Crippen MR) is 101 cm³/mol. The van der Waals surface area contributed by atoms with Gasteiger partial charge in [-0.25, -0.2) is 4.98 Å². The molecule has 0 unspecified atom stereocenters. The number of aryl methyl sites for hydroxylation is 1. The van der Waals surface area contributed by atoms with Crippen molar-refractivity contribution in [3.8, 4) is 5.75 Å². The van der Waals surface area contributed by atoms with Crippen LogP contribution in [0, 0.1) is 13.8 Å². The largest absolute Gasteiger partial charge is 0.486 e. The molecular formula is C20H22N2O3S. The number of thiazole rings is 1. The lowest BCUT2D eigenvalue weighted by Gasteiger charge is -2.18. The molecule has 0 aliphatic heterocycles. The number of amides is 1. The molecule has 0 saturated carbocycles. The maximum Gasteiger partial charge on any atom is 0.289 e. The van der Waals surface area contributed by atoms with Gasteiger partial charge < -0.3 is 14.1 Å². The molecular weight excluding hydrogens is 348 g/mol. The monoisotopic (exact) mass is 370 g/mol. The first-order chi connectivity index (χ1) is 12.6. The molecule has 0 aliphatic carbocycles. The lowest BCUT2D eigenvalue weighted by Crippen LogP contribution is -2.30. The van der Waals surface area contributed by atoms with Crippen LogP contribution in [0.1, 0.15) is 39.3 Å². The molecule has 0 fully saturated rings. The molecule has 0 spiro atoms. The van der Waals surface area contributed by atoms with E-state index in [-0.39, 0.29) is 5.91 Å². The van der Waals surface area contributed by atoms with Crippen molar-refractivity contribution in [1.29, 1.82) is 0 Å². The average molecular weight is 370 g/mol. The molecule has 5 nitrogen and oxygen atoms in total. The number of benzene rings is 1. The Bertz CT molecular complexity index is 871. The summed E-state index contributed by atoms with van der Waals surface area (Å²) in [4.78, 5) is 18.7. The number of nitrogens with zero attached hydrogens (tertiary/aromatic N) is 2. The highest BCUT2D eigenvalue weighted by Crippen LogP contribution is 2.22. The standard InChI is InChI=1S/C20H22N2O3S/c1-4-22(20(23)18-9-6-10-24-18)11-16-13-26-19(21-16)12-25-17-8-5-7-14(2)15(17)3/h5-10,13H,4,11-12H2,1-3H3. The van der Waals surface area contributed by atoms with Crippen molar-refractivity contribution < 1.29 is 13.9 Å². The van der Waals surface area contributed by atoms with Crippen LogP contribution < -0.4 is 4.74 Å². The second kappa shape index (κ2) is 8.19. The summed E-state index contributed by atoms with van der Waals surface area (Å²) in [5, 5.41) is 2.86. The van der Waals surface area contributed by atoms with E-state index in [1.54, 1.807) is 28.4 Å². The molecule has 136 valence electrons. The van der Waals surface area contributed by atoms with Crippen LogP contribution in [-0.2, 0) is 13.2 Å². The Morgan fingerprint density at radius 2 is 2.12 bits per heavy atom. The normalized spacial score (nSPS) is 10.7. The number of hydrogen-bond acceptors (Lipinski definition) is 5. The number of carbonyl (C=O) groups excluding carboxylic acids is 1. The van der Waals surface area contributed by atoms with Crippen LogP contribution in [0.2, 0.25) is 0 Å². The first-order valence-electron chi connectivity index (χ1n) is 8.53. The van der Waals surface area contributed by atoms with Gasteiger partial charge in [-0.3, -0.25) is 4.79 Å². The maximum atomic E-state index is 12.4. The van der Waals surface area contributed by atoms with Gasteiger partial charge >= 0.3 is 0 Å². The SMILES string of the molecule is CCN(Cc1csc(COc2cccc(C)c2C)n1)C(=O)c1ccco1. The Balaban J connectivity index is 1.62. The predicted octanol–water partition coefficient (Wildman–Crippen LogP) is 4.59. The Morgan fingerprint density at radius 3 is 2.85 bits per heavy atom. The van der Waals surface area contributed by atoms with Gasteiger partial charge in [-0.15, -0.1) is 11.3 Å². The highest BCUT2D eigenvalue weighted by molar-refractivity contribution is 7.09. The van der Waals surface area contributed by atoms with Gasteiger partial charge in [0.15, 0.2) is 5.76 Å². The lowest BCUT2D eigenvalue weighted by atomic mass is 10.1. The van der Waals surface area contributed by atoms with Crippen LogP contribution in [0.3, 0.4) is 0 Å². The van der Waals surface area contributed by atoms with Crippen molar-refractivity contribution in [3.63, 3.8) is 0 Å². The van der Waals surface area contributed by atoms with E-state index >= 15 is 0 Å². The topological polar surface area (TPSA) is 55.6 Å². The van der Waals surface area contributed by atoms with Crippen molar-refractivity contribution >= 4 is 17.2 Å². The van der Waals surface area contributed by atoms with Gasteiger partial charge in [0.2, 0.25) is 0 Å². The molecule has 1 amide bonds. The minimum atomic E-state index is -0.126. The molecule has 6 heteroatoms. The zero-order valence-corrected chi connectivity index (χ0v) is 16.0. The fourth-order valence-electron chi connectivity index (χ4n) is 2.59. The molecule has 0 bridgehead atoms. The van der Waals surface area contributed by atoms with Gasteiger partial charge in [0.25, 0.3) is 5.91 Å². The molecule has 1 aromatic carbocycles. The summed E-state index contributed by atoms with van der Waals surface area (Å²) in [5.41, 5.74) is 3.21. The van der Waals surface area contributed by atoms with Crippen LogP contribution in [0.4, 0.5) is 0 Å². The van der Waals surface area contributed by atoms with Crippen molar-refractivity contribution in [3.05, 3.63) is 69.6 Å². The first-order valence-corrected chi connectivity index (χ1v) is 9.41. The van der Waals surface area contributed by atoms with Crippen molar-refractivity contribution in [1.82, 2.24) is 9.88 Å². The van der Waals surface area contributed by atoms with Crippen LogP contribution >= 0.6 is 11.3 Å². The van der Waals surface area contributed by atoms with E-state index in [1.807, 2.05) is 24.4 Å². The number of furan rings is 1. The zero-order valence-electron chi connectivity index (χ0n) is 15.2. The van der Waals surface area contributed by atoms with E-state index in [2.05, 4.69) is 24.9 Å². The third-order valence-electron chi connectivity index (χ3n) is 4.26. The third kappa shape index (κ3) is 4.14. The van der Waals surface area contributed by atoms with E-state index in [0.717, 1.165) is 22.0 Å². The average Bonchev–Trinajstić information content (AvgIpc) is 3.32. The van der Waals surface area contributed by atoms with E-state index in [0.29, 0.717) is 25.5 Å². The number of ether oxygens (including phenoxy) is 1. The molecule has 0 N–H and O–H groups in total. The molecule has 0 aliphatic rings. The van der Waals surface area contributed by atoms with E-state index in [1.165, 1.54) is 11.8 Å². The van der Waals surface area contributed by atoms with E-state index in [9.17, 15) is 4.79 Å². The Kier molecular flexibility index (Phi) is 5.73. The van der Waals surface area contributed by atoms with Crippen LogP contribution in [-0.4, -0.2) is 22.3 Å². The number of carbonyl (C=O) groups is 1. The maximum absolute atomic E-state index is 12.4. The first kappa shape index (κ1) is 18.2. The van der Waals surface area contributed by atoms with Crippen molar-refractivity contribution in [2.75, 3.05) is 6.54 Å². The van der Waals surface area contributed by atoms with Crippen LogP contribution in [0.25, 0.3) is 0 Å². The minimum Gasteiger partial charge on any atom is -0.486 e. The van der Waals surface area contributed by atoms with Gasteiger partial charge in [0.1, 0.15) is 17.4 Å². The van der Waals surface area contributed by atoms with E-state index in [4.69, 9.17) is 9.15 Å². The van der Waals surface area contributed by atoms with Gasteiger partial charge in [-0.1, -0.05) is 12.1 Å². The molecule has 0 atom stereocenters. The molecule has 2 aromatic heterocycles. The smallest absolute Gasteiger partial charge is 0.289 e. The number of rotatable bonds is 7. The van der Waals surface area contributed by atoms with Gasteiger partial charge in [0, 0.05) is 11.9 Å². The Labute approximate surface area is 157 Å². The zero-order chi connectivity index (χ0) is 18.5. The van der Waals surface area contributed by atoms with Crippen LogP contribution in [0.5, 0.6) is 5.75 Å². The number of aromatic nitrogens is 1. The van der Waals surface area contributed by atoms with Gasteiger partial charge in [0.05, 0.1) is 18.5 Å². The second-order valence-corrected chi connectivity index (χ2v) is 6.96. The second-order valence-electron chi connectivity index (χ2n) is 6.02. The quantitative estimate of drug-likeness (QED) is 0.610. The van der Waals surface area contributed by atoms with Crippen molar-refractivity contribution in [2.24, 2.45) is 0 Å². The summed E-state index contributed by atoms with van der Waals surface area (Å²) in [6.45, 7) is 7.53. The minimum absolute atomic E-state index is 0.126. The molecule has 0 radical (unpaired) electrons. The summed E-state index contributed by atoms with van der Waals surface area (Å²) in [5.74, 6) is 1.10.